The molecule has 7 heteroatoms. The number of halogens is 1. The fraction of sp³-hybridized carbons (Fsp3) is 0.882. The minimum absolute atomic E-state index is 0. The lowest BCUT2D eigenvalue weighted by Gasteiger charge is -2.26. The molecule has 0 aromatic rings. The van der Waals surface area contributed by atoms with Gasteiger partial charge in [-0.3, -0.25) is 9.79 Å². The molecule has 0 aromatic carbocycles. The second-order valence-electron chi connectivity index (χ2n) is 6.59. The lowest BCUT2D eigenvalue weighted by Crippen LogP contribution is -2.45. The monoisotopic (exact) mass is 468 g/mol. The first-order valence-electron chi connectivity index (χ1n) is 8.99. The van der Waals surface area contributed by atoms with Gasteiger partial charge in [-0.25, -0.2) is 0 Å². The highest BCUT2D eigenvalue weighted by atomic mass is 127. The number of likely N-dealkylation sites (tertiary alicyclic amines) is 1. The van der Waals surface area contributed by atoms with Gasteiger partial charge in [0.25, 0.3) is 0 Å². The highest BCUT2D eigenvalue weighted by molar-refractivity contribution is 14.0. The Morgan fingerprint density at radius 3 is 2.67 bits per heavy atom. The number of aliphatic imine (C=N–C) groups is 1. The van der Waals surface area contributed by atoms with Crippen LogP contribution < -0.4 is 10.6 Å². The van der Waals surface area contributed by atoms with Crippen LogP contribution in [0.4, 0.5) is 0 Å². The number of guanidine groups is 1. The van der Waals surface area contributed by atoms with Gasteiger partial charge in [0.05, 0.1) is 0 Å². The van der Waals surface area contributed by atoms with Crippen molar-refractivity contribution >= 4 is 47.6 Å². The number of amides is 1. The first kappa shape index (κ1) is 21.9. The molecule has 0 aromatic heterocycles. The molecular weight excluding hydrogens is 435 g/mol. The minimum Gasteiger partial charge on any atom is -0.356 e. The molecule has 1 saturated carbocycles. The molecule has 1 aliphatic carbocycles. The van der Waals surface area contributed by atoms with Gasteiger partial charge >= 0.3 is 0 Å². The van der Waals surface area contributed by atoms with Crippen LogP contribution in [0, 0.1) is 5.92 Å². The Hall–Kier alpha value is -0.180. The molecule has 2 aliphatic rings. The largest absolute Gasteiger partial charge is 0.356 e. The van der Waals surface area contributed by atoms with Gasteiger partial charge < -0.3 is 15.5 Å². The maximum absolute atomic E-state index is 12.6. The molecule has 5 nitrogen and oxygen atoms in total. The van der Waals surface area contributed by atoms with E-state index >= 15 is 0 Å². The quantitative estimate of drug-likeness (QED) is 0.273. The molecule has 1 atom stereocenters. The molecule has 0 radical (unpaired) electrons. The zero-order valence-corrected chi connectivity index (χ0v) is 18.2. The van der Waals surface area contributed by atoms with Crippen LogP contribution >= 0.6 is 35.7 Å². The van der Waals surface area contributed by atoms with Crippen molar-refractivity contribution in [3.8, 4) is 0 Å². The standard InChI is InChI=1S/C17H32N4OS.HI/c1-18-17(19-10-6-12-23-2)20-15-9-11-21(13-15)16(22)14-7-4-3-5-8-14;/h14-15H,3-13H2,1-2H3,(H2,18,19,20);1H. The molecule has 2 N–H and O–H groups in total. The Balaban J connectivity index is 0.00000288. The SMILES string of the molecule is CN=C(NCCCSC)NC1CCN(C(=O)C2CCCCC2)C1.I. The highest BCUT2D eigenvalue weighted by Crippen LogP contribution is 2.26. The Labute approximate surface area is 168 Å². The van der Waals surface area contributed by atoms with E-state index in [1.807, 2.05) is 18.8 Å². The lowest BCUT2D eigenvalue weighted by molar-refractivity contribution is -0.135. The summed E-state index contributed by atoms with van der Waals surface area (Å²) in [5, 5.41) is 6.83. The summed E-state index contributed by atoms with van der Waals surface area (Å²) in [5.74, 6) is 2.70. The van der Waals surface area contributed by atoms with Crippen LogP contribution in [-0.4, -0.2) is 61.5 Å². The molecule has 140 valence electrons. The van der Waals surface area contributed by atoms with E-state index < -0.39 is 0 Å². The van der Waals surface area contributed by atoms with Crippen molar-refractivity contribution in [3.05, 3.63) is 0 Å². The summed E-state index contributed by atoms with van der Waals surface area (Å²) < 4.78 is 0. The van der Waals surface area contributed by atoms with Gasteiger partial charge in [0.15, 0.2) is 5.96 Å². The third-order valence-corrected chi connectivity index (χ3v) is 5.53. The van der Waals surface area contributed by atoms with Gasteiger partial charge in [-0.1, -0.05) is 19.3 Å². The third-order valence-electron chi connectivity index (χ3n) is 4.84. The van der Waals surface area contributed by atoms with Crippen LogP contribution in [-0.2, 0) is 4.79 Å². The predicted molar refractivity (Wildman–Crippen MR) is 114 cm³/mol. The van der Waals surface area contributed by atoms with Gasteiger partial charge in [-0.15, -0.1) is 24.0 Å². The number of rotatable bonds is 6. The highest BCUT2D eigenvalue weighted by Gasteiger charge is 2.31. The van der Waals surface area contributed by atoms with Crippen molar-refractivity contribution in [1.29, 1.82) is 0 Å². The van der Waals surface area contributed by atoms with Gasteiger partial charge in [0, 0.05) is 38.6 Å². The smallest absolute Gasteiger partial charge is 0.225 e. The Morgan fingerprint density at radius 2 is 2.00 bits per heavy atom. The summed E-state index contributed by atoms with van der Waals surface area (Å²) in [7, 11) is 1.81. The number of carbonyl (C=O) groups is 1. The topological polar surface area (TPSA) is 56.7 Å². The second kappa shape index (κ2) is 12.2. The summed E-state index contributed by atoms with van der Waals surface area (Å²) in [5.41, 5.74) is 0. The zero-order valence-electron chi connectivity index (χ0n) is 15.1. The number of thioether (sulfide) groups is 1. The minimum atomic E-state index is 0. The zero-order chi connectivity index (χ0) is 16.5. The number of carbonyl (C=O) groups excluding carboxylic acids is 1. The number of nitrogens with one attached hydrogen (secondary N) is 2. The molecule has 1 heterocycles. The van der Waals surface area contributed by atoms with Crippen molar-refractivity contribution in [2.75, 3.05) is 38.7 Å². The molecule has 1 unspecified atom stereocenters. The van der Waals surface area contributed by atoms with Crippen molar-refractivity contribution in [3.63, 3.8) is 0 Å². The third kappa shape index (κ3) is 6.98. The van der Waals surface area contributed by atoms with E-state index in [-0.39, 0.29) is 29.9 Å². The molecule has 0 bridgehead atoms. The van der Waals surface area contributed by atoms with E-state index in [0.717, 1.165) is 57.0 Å². The van der Waals surface area contributed by atoms with E-state index in [4.69, 9.17) is 0 Å². The van der Waals surface area contributed by atoms with Crippen LogP contribution in [0.3, 0.4) is 0 Å². The summed E-state index contributed by atoms with van der Waals surface area (Å²) in [6.07, 6.45) is 10.2. The van der Waals surface area contributed by atoms with Crippen LogP contribution in [0.15, 0.2) is 4.99 Å². The molecular formula is C17H33IN4OS. The number of nitrogens with zero attached hydrogens (tertiary/aromatic N) is 2. The van der Waals surface area contributed by atoms with E-state index in [0.29, 0.717) is 11.9 Å². The molecule has 1 aliphatic heterocycles. The molecule has 2 fully saturated rings. The van der Waals surface area contributed by atoms with Gasteiger partial charge in [0.2, 0.25) is 5.91 Å². The van der Waals surface area contributed by atoms with Crippen molar-refractivity contribution in [2.24, 2.45) is 10.9 Å². The van der Waals surface area contributed by atoms with E-state index in [1.165, 1.54) is 19.3 Å². The van der Waals surface area contributed by atoms with E-state index in [1.54, 1.807) is 0 Å². The summed E-state index contributed by atoms with van der Waals surface area (Å²) >= 11 is 1.87. The maximum Gasteiger partial charge on any atom is 0.225 e. The van der Waals surface area contributed by atoms with Gasteiger partial charge in [-0.05, 0) is 37.7 Å². The maximum atomic E-state index is 12.6. The summed E-state index contributed by atoms with van der Waals surface area (Å²) in [6.45, 7) is 2.65. The van der Waals surface area contributed by atoms with E-state index in [9.17, 15) is 4.79 Å². The fourth-order valence-corrected chi connectivity index (χ4v) is 3.93. The van der Waals surface area contributed by atoms with Crippen LogP contribution in [0.25, 0.3) is 0 Å². The fourth-order valence-electron chi connectivity index (χ4n) is 3.50. The van der Waals surface area contributed by atoms with Gasteiger partial charge in [0.1, 0.15) is 0 Å². The average molecular weight is 468 g/mol. The summed E-state index contributed by atoms with van der Waals surface area (Å²) in [6, 6.07) is 0.328. The number of hydrogen-bond acceptors (Lipinski definition) is 3. The Kier molecular flexibility index (Phi) is 11.1. The Bertz CT molecular complexity index is 402. The second-order valence-corrected chi connectivity index (χ2v) is 7.58. The summed E-state index contributed by atoms with van der Waals surface area (Å²) in [4.78, 5) is 19.0. The van der Waals surface area contributed by atoms with Crippen LogP contribution in [0.5, 0.6) is 0 Å². The molecule has 24 heavy (non-hydrogen) atoms. The Morgan fingerprint density at radius 1 is 1.25 bits per heavy atom. The van der Waals surface area contributed by atoms with Crippen LogP contribution in [0.2, 0.25) is 0 Å². The molecule has 2 rings (SSSR count). The molecule has 1 amide bonds. The molecule has 0 spiro atoms. The van der Waals surface area contributed by atoms with Crippen LogP contribution in [0.1, 0.15) is 44.9 Å². The first-order valence-corrected chi connectivity index (χ1v) is 10.4. The number of hydrogen-bond donors (Lipinski definition) is 2. The first-order chi connectivity index (χ1) is 11.2. The lowest BCUT2D eigenvalue weighted by atomic mass is 9.88. The molecule has 1 saturated heterocycles. The predicted octanol–water partition coefficient (Wildman–Crippen LogP) is 2.70. The van der Waals surface area contributed by atoms with Crippen molar-refractivity contribution < 1.29 is 4.79 Å². The normalized spacial score (nSPS) is 22.2. The van der Waals surface area contributed by atoms with Crippen molar-refractivity contribution in [1.82, 2.24) is 15.5 Å². The van der Waals surface area contributed by atoms with Crippen molar-refractivity contribution in [2.45, 2.75) is 51.0 Å². The van der Waals surface area contributed by atoms with E-state index in [2.05, 4.69) is 26.8 Å². The average Bonchev–Trinajstić information content (AvgIpc) is 3.06. The van der Waals surface area contributed by atoms with Gasteiger partial charge in [-0.2, -0.15) is 11.8 Å².